The van der Waals surface area contributed by atoms with Crippen molar-refractivity contribution in [1.82, 2.24) is 9.78 Å². The minimum Gasteiger partial charge on any atom is -0.265 e. The normalized spacial score (nSPS) is 11.7. The van der Waals surface area contributed by atoms with E-state index < -0.39 is 10.1 Å². The maximum Gasteiger partial charge on any atom is 0.264 e. The molecule has 0 unspecified atom stereocenters. The van der Waals surface area contributed by atoms with Gasteiger partial charge in [0.05, 0.1) is 24.2 Å². The smallest absolute Gasteiger partial charge is 0.264 e. The molecule has 0 aliphatic carbocycles. The number of rotatable bonds is 4. The van der Waals surface area contributed by atoms with E-state index >= 15 is 0 Å². The Morgan fingerprint density at radius 2 is 2.05 bits per heavy atom. The zero-order valence-corrected chi connectivity index (χ0v) is 11.9. The first-order valence-corrected chi connectivity index (χ1v) is 7.63. The van der Waals surface area contributed by atoms with Crippen molar-refractivity contribution in [3.63, 3.8) is 0 Å². The molecule has 0 amide bonds. The van der Waals surface area contributed by atoms with Crippen LogP contribution in [0.3, 0.4) is 0 Å². The van der Waals surface area contributed by atoms with Crippen molar-refractivity contribution in [3.05, 3.63) is 47.3 Å². The van der Waals surface area contributed by atoms with Crippen LogP contribution in [0.5, 0.6) is 0 Å². The van der Waals surface area contributed by atoms with Crippen molar-refractivity contribution >= 4 is 10.1 Å². The number of nitrogens with zero attached hydrogens (tertiary/aromatic N) is 2. The molecule has 0 atom stereocenters. The summed E-state index contributed by atoms with van der Waals surface area (Å²) in [4.78, 5) is 0. The third-order valence-electron chi connectivity index (χ3n) is 2.70. The first-order valence-electron chi connectivity index (χ1n) is 5.82. The molecule has 0 saturated carbocycles. The van der Waals surface area contributed by atoms with Crippen molar-refractivity contribution in [3.8, 4) is 5.69 Å². The van der Waals surface area contributed by atoms with Crippen LogP contribution in [0.4, 0.5) is 0 Å². The fourth-order valence-corrected chi connectivity index (χ4v) is 2.05. The zero-order chi connectivity index (χ0) is 14.0. The van der Waals surface area contributed by atoms with E-state index in [1.165, 1.54) is 0 Å². The van der Waals surface area contributed by atoms with Gasteiger partial charge < -0.3 is 0 Å². The molecule has 0 fully saturated rings. The molecule has 102 valence electrons. The summed E-state index contributed by atoms with van der Waals surface area (Å²) in [6.45, 7) is 3.84. The van der Waals surface area contributed by atoms with Crippen LogP contribution in [0.1, 0.15) is 16.8 Å². The van der Waals surface area contributed by atoms with E-state index in [1.807, 2.05) is 38.1 Å². The second kappa shape index (κ2) is 5.14. The van der Waals surface area contributed by atoms with Crippen molar-refractivity contribution in [2.24, 2.45) is 0 Å². The van der Waals surface area contributed by atoms with Gasteiger partial charge in [0.2, 0.25) is 0 Å². The van der Waals surface area contributed by atoms with Gasteiger partial charge in [0.1, 0.15) is 0 Å². The van der Waals surface area contributed by atoms with Gasteiger partial charge >= 0.3 is 0 Å². The summed E-state index contributed by atoms with van der Waals surface area (Å²) in [5, 5.41) is 4.36. The summed E-state index contributed by atoms with van der Waals surface area (Å²) in [6, 6.07) is 7.91. The Kier molecular flexibility index (Phi) is 3.73. The maximum atomic E-state index is 11.0. The lowest BCUT2D eigenvalue weighted by atomic mass is 10.2. The first kappa shape index (κ1) is 13.8. The Bertz CT molecular complexity index is 690. The largest absolute Gasteiger partial charge is 0.265 e. The van der Waals surface area contributed by atoms with Crippen LogP contribution in [0.15, 0.2) is 30.5 Å². The molecule has 2 aromatic rings. The summed E-state index contributed by atoms with van der Waals surface area (Å²) in [5.74, 6) is 0. The lowest BCUT2D eigenvalue weighted by molar-refractivity contribution is 0.311. The van der Waals surface area contributed by atoms with E-state index in [-0.39, 0.29) is 6.61 Å². The van der Waals surface area contributed by atoms with Gasteiger partial charge in [-0.2, -0.15) is 13.5 Å². The summed E-state index contributed by atoms with van der Waals surface area (Å²) in [5.41, 5.74) is 3.59. The van der Waals surface area contributed by atoms with Crippen LogP contribution >= 0.6 is 0 Å². The quantitative estimate of drug-likeness (QED) is 0.803. The molecule has 1 aromatic heterocycles. The fourth-order valence-electron chi connectivity index (χ4n) is 1.71. The third-order valence-corrected chi connectivity index (χ3v) is 3.24. The first-order chi connectivity index (χ1) is 8.85. The lowest BCUT2D eigenvalue weighted by Gasteiger charge is -2.01. The number of benzene rings is 1. The summed E-state index contributed by atoms with van der Waals surface area (Å²) in [6.07, 6.45) is 2.82. The molecule has 2 rings (SSSR count). The van der Waals surface area contributed by atoms with E-state index in [2.05, 4.69) is 5.10 Å². The fraction of sp³-hybridized carbons (Fsp3) is 0.308. The standard InChI is InChI=1S/C13H16N2O3S/c1-10-5-4-6-13(7-10)15-8-12(11(2)14-15)9-18-19(3,16)17/h4-8H,9H2,1-3H3. The van der Waals surface area contributed by atoms with Crippen molar-refractivity contribution in [2.75, 3.05) is 6.26 Å². The van der Waals surface area contributed by atoms with Crippen LogP contribution in [-0.4, -0.2) is 24.5 Å². The second-order valence-corrected chi connectivity index (χ2v) is 6.13. The van der Waals surface area contributed by atoms with Gasteiger partial charge in [-0.05, 0) is 31.5 Å². The molecule has 0 bridgehead atoms. The highest BCUT2D eigenvalue weighted by Gasteiger charge is 2.09. The Morgan fingerprint density at radius 1 is 1.32 bits per heavy atom. The van der Waals surface area contributed by atoms with Gasteiger partial charge in [0.25, 0.3) is 10.1 Å². The third kappa shape index (κ3) is 3.65. The SMILES string of the molecule is Cc1cccc(-n2cc(COS(C)(=O)=O)c(C)n2)c1. The molecular weight excluding hydrogens is 264 g/mol. The number of hydrogen-bond acceptors (Lipinski definition) is 4. The number of hydrogen-bond donors (Lipinski definition) is 0. The molecule has 0 spiro atoms. The Balaban J connectivity index is 2.26. The maximum absolute atomic E-state index is 11.0. The average Bonchev–Trinajstić information content (AvgIpc) is 2.67. The molecule has 0 radical (unpaired) electrons. The van der Waals surface area contributed by atoms with E-state index in [9.17, 15) is 8.42 Å². The molecule has 5 nitrogen and oxygen atoms in total. The molecule has 1 heterocycles. The van der Waals surface area contributed by atoms with E-state index in [0.717, 1.165) is 28.8 Å². The molecule has 1 aromatic carbocycles. The molecule has 0 saturated heterocycles. The minimum absolute atomic E-state index is 0.0104. The Hall–Kier alpha value is -1.66. The summed E-state index contributed by atoms with van der Waals surface area (Å²) in [7, 11) is -3.44. The lowest BCUT2D eigenvalue weighted by Crippen LogP contribution is -2.02. The predicted octanol–water partition coefficient (Wildman–Crippen LogP) is 1.97. The summed E-state index contributed by atoms with van der Waals surface area (Å²) >= 11 is 0. The van der Waals surface area contributed by atoms with E-state index in [0.29, 0.717) is 0 Å². The van der Waals surface area contributed by atoms with Crippen LogP contribution in [0.2, 0.25) is 0 Å². The number of aryl methyl sites for hydroxylation is 2. The van der Waals surface area contributed by atoms with Crippen LogP contribution < -0.4 is 0 Å². The van der Waals surface area contributed by atoms with E-state index in [4.69, 9.17) is 4.18 Å². The van der Waals surface area contributed by atoms with Gasteiger partial charge in [-0.25, -0.2) is 4.68 Å². The second-order valence-electron chi connectivity index (χ2n) is 4.49. The van der Waals surface area contributed by atoms with E-state index in [1.54, 1.807) is 10.9 Å². The van der Waals surface area contributed by atoms with Gasteiger partial charge in [0, 0.05) is 11.8 Å². The van der Waals surface area contributed by atoms with Gasteiger partial charge in [-0.3, -0.25) is 4.18 Å². The van der Waals surface area contributed by atoms with Gasteiger partial charge in [-0.1, -0.05) is 12.1 Å². The highest BCUT2D eigenvalue weighted by Crippen LogP contribution is 2.14. The predicted molar refractivity (Wildman–Crippen MR) is 72.7 cm³/mol. The van der Waals surface area contributed by atoms with Crippen molar-refractivity contribution < 1.29 is 12.6 Å². The van der Waals surface area contributed by atoms with Crippen molar-refractivity contribution in [2.45, 2.75) is 20.5 Å². The summed E-state index contributed by atoms with van der Waals surface area (Å²) < 4.78 is 28.5. The molecule has 0 aliphatic heterocycles. The molecular formula is C13H16N2O3S. The van der Waals surface area contributed by atoms with Crippen LogP contribution in [-0.2, 0) is 20.9 Å². The van der Waals surface area contributed by atoms with Crippen molar-refractivity contribution in [1.29, 1.82) is 0 Å². The van der Waals surface area contributed by atoms with Gasteiger partial charge in [0.15, 0.2) is 0 Å². The number of aromatic nitrogens is 2. The Labute approximate surface area is 113 Å². The zero-order valence-electron chi connectivity index (χ0n) is 11.1. The van der Waals surface area contributed by atoms with Crippen LogP contribution in [0.25, 0.3) is 5.69 Å². The van der Waals surface area contributed by atoms with Gasteiger partial charge in [-0.15, -0.1) is 0 Å². The Morgan fingerprint density at radius 3 is 2.68 bits per heavy atom. The highest BCUT2D eigenvalue weighted by molar-refractivity contribution is 7.85. The highest BCUT2D eigenvalue weighted by atomic mass is 32.2. The van der Waals surface area contributed by atoms with Crippen LogP contribution in [0, 0.1) is 13.8 Å². The average molecular weight is 280 g/mol. The minimum atomic E-state index is -3.44. The molecule has 0 N–H and O–H groups in total. The molecule has 6 heteroatoms. The monoisotopic (exact) mass is 280 g/mol. The molecule has 0 aliphatic rings. The topological polar surface area (TPSA) is 61.2 Å². The molecule has 19 heavy (non-hydrogen) atoms.